The Hall–Kier alpha value is -0.430. The minimum Gasteiger partial charge on any atom is -0.374 e. The summed E-state index contributed by atoms with van der Waals surface area (Å²) in [4.78, 5) is 0. The molecule has 0 aliphatic rings. The molecule has 0 radical (unpaired) electrons. The van der Waals surface area contributed by atoms with Crippen molar-refractivity contribution < 1.29 is 0 Å². The van der Waals surface area contributed by atoms with Crippen molar-refractivity contribution in [1.82, 2.24) is 14.6 Å². The standard InChI is InChI=1S/C5H2Cl2N4S2/c6-2-1(3(7)13-11-2)4-9-10-5(8)12-4/h(H2,8,10). The summed E-state index contributed by atoms with van der Waals surface area (Å²) < 4.78 is 4.38. The number of hydrogen-bond donors (Lipinski definition) is 1. The van der Waals surface area contributed by atoms with Crippen LogP contribution in [0, 0.1) is 0 Å². The van der Waals surface area contributed by atoms with Gasteiger partial charge in [0.15, 0.2) is 10.2 Å². The summed E-state index contributed by atoms with van der Waals surface area (Å²) in [7, 11) is 0. The molecular formula is C5H2Cl2N4S2. The summed E-state index contributed by atoms with van der Waals surface area (Å²) in [6, 6.07) is 0. The first-order chi connectivity index (χ1) is 6.18. The van der Waals surface area contributed by atoms with Crippen molar-refractivity contribution in [3.63, 3.8) is 0 Å². The summed E-state index contributed by atoms with van der Waals surface area (Å²) in [6.07, 6.45) is 0. The van der Waals surface area contributed by atoms with Gasteiger partial charge < -0.3 is 5.73 Å². The van der Waals surface area contributed by atoms with E-state index in [0.717, 1.165) is 11.5 Å². The van der Waals surface area contributed by atoms with Gasteiger partial charge in [0.05, 0.1) is 5.56 Å². The molecule has 2 rings (SSSR count). The van der Waals surface area contributed by atoms with Gasteiger partial charge in [-0.3, -0.25) is 0 Å². The summed E-state index contributed by atoms with van der Waals surface area (Å²) >= 11 is 14.0. The highest BCUT2D eigenvalue weighted by Crippen LogP contribution is 2.38. The molecule has 2 aromatic heterocycles. The zero-order valence-electron chi connectivity index (χ0n) is 5.99. The number of rotatable bonds is 1. The van der Waals surface area contributed by atoms with Crippen LogP contribution in [0.25, 0.3) is 10.6 Å². The molecule has 0 bridgehead atoms. The van der Waals surface area contributed by atoms with Gasteiger partial charge in [0.25, 0.3) is 0 Å². The summed E-state index contributed by atoms with van der Waals surface area (Å²) in [5, 5.41) is 8.80. The van der Waals surface area contributed by atoms with Crippen LogP contribution in [0.5, 0.6) is 0 Å². The number of aromatic nitrogens is 3. The number of halogens is 2. The predicted octanol–water partition coefficient (Wildman–Crippen LogP) is 2.55. The first-order valence-electron chi connectivity index (χ1n) is 3.08. The number of nitrogen functional groups attached to an aromatic ring is 1. The molecule has 13 heavy (non-hydrogen) atoms. The van der Waals surface area contributed by atoms with Crippen LogP contribution in [0.3, 0.4) is 0 Å². The molecule has 0 aliphatic carbocycles. The largest absolute Gasteiger partial charge is 0.374 e. The summed E-state index contributed by atoms with van der Waals surface area (Å²) in [5.74, 6) is 0. The molecule has 2 aromatic rings. The maximum absolute atomic E-state index is 5.86. The van der Waals surface area contributed by atoms with Crippen molar-refractivity contribution in [2.75, 3.05) is 5.73 Å². The average molecular weight is 253 g/mol. The lowest BCUT2D eigenvalue weighted by molar-refractivity contribution is 1.10. The molecule has 0 fully saturated rings. The fraction of sp³-hybridized carbons (Fsp3) is 0. The third-order valence-electron chi connectivity index (χ3n) is 1.26. The predicted molar refractivity (Wildman–Crippen MR) is 55.4 cm³/mol. The van der Waals surface area contributed by atoms with Gasteiger partial charge in [-0.1, -0.05) is 34.5 Å². The third-order valence-corrected chi connectivity index (χ3v) is 3.44. The Morgan fingerprint density at radius 2 is 2.00 bits per heavy atom. The van der Waals surface area contributed by atoms with Crippen LogP contribution in [-0.4, -0.2) is 14.6 Å². The van der Waals surface area contributed by atoms with Gasteiger partial charge in [-0.15, -0.1) is 10.2 Å². The summed E-state index contributed by atoms with van der Waals surface area (Å²) in [6.45, 7) is 0. The molecule has 2 N–H and O–H groups in total. The Bertz CT molecular complexity index is 418. The fourth-order valence-corrected chi connectivity index (χ4v) is 2.81. The highest BCUT2D eigenvalue weighted by molar-refractivity contribution is 7.19. The van der Waals surface area contributed by atoms with Gasteiger partial charge in [0, 0.05) is 0 Å². The highest BCUT2D eigenvalue weighted by atomic mass is 35.5. The Balaban J connectivity index is 2.57. The van der Waals surface area contributed by atoms with Crippen LogP contribution >= 0.6 is 46.1 Å². The van der Waals surface area contributed by atoms with E-state index in [2.05, 4.69) is 14.6 Å². The Morgan fingerprint density at radius 3 is 2.46 bits per heavy atom. The Morgan fingerprint density at radius 1 is 1.23 bits per heavy atom. The van der Waals surface area contributed by atoms with Crippen molar-refractivity contribution in [3.8, 4) is 10.6 Å². The highest BCUT2D eigenvalue weighted by Gasteiger charge is 2.16. The van der Waals surface area contributed by atoms with E-state index < -0.39 is 0 Å². The van der Waals surface area contributed by atoms with Gasteiger partial charge in [0.2, 0.25) is 5.13 Å². The number of anilines is 1. The SMILES string of the molecule is Nc1nnc(-c2c(Cl)nsc2Cl)s1. The van der Waals surface area contributed by atoms with Crippen molar-refractivity contribution in [2.45, 2.75) is 0 Å². The van der Waals surface area contributed by atoms with Crippen molar-refractivity contribution in [1.29, 1.82) is 0 Å². The van der Waals surface area contributed by atoms with Crippen molar-refractivity contribution >= 4 is 51.2 Å². The molecule has 0 saturated heterocycles. The van der Waals surface area contributed by atoms with E-state index in [1.54, 1.807) is 0 Å². The molecular weight excluding hydrogens is 251 g/mol. The first-order valence-corrected chi connectivity index (χ1v) is 5.43. The molecule has 0 unspecified atom stereocenters. The van der Waals surface area contributed by atoms with Crippen molar-refractivity contribution in [2.24, 2.45) is 0 Å². The van der Waals surface area contributed by atoms with E-state index in [4.69, 9.17) is 28.9 Å². The quantitative estimate of drug-likeness (QED) is 0.848. The van der Waals surface area contributed by atoms with Gasteiger partial charge in [-0.2, -0.15) is 4.37 Å². The molecule has 2 heterocycles. The van der Waals surface area contributed by atoms with Crippen LogP contribution in [0.1, 0.15) is 0 Å². The Kier molecular flexibility index (Phi) is 2.37. The second-order valence-electron chi connectivity index (χ2n) is 2.07. The van der Waals surface area contributed by atoms with Gasteiger partial charge in [-0.05, 0) is 11.5 Å². The lowest BCUT2D eigenvalue weighted by Crippen LogP contribution is -1.80. The lowest BCUT2D eigenvalue weighted by atomic mass is 10.4. The van der Waals surface area contributed by atoms with E-state index in [-0.39, 0.29) is 0 Å². The number of hydrogen-bond acceptors (Lipinski definition) is 6. The van der Waals surface area contributed by atoms with E-state index in [1.165, 1.54) is 11.3 Å². The Labute approximate surface area is 91.5 Å². The average Bonchev–Trinajstić information content (AvgIpc) is 2.60. The minimum absolute atomic E-state index is 0.339. The molecule has 0 aromatic carbocycles. The van der Waals surface area contributed by atoms with Crippen LogP contribution in [0.4, 0.5) is 5.13 Å². The second kappa shape index (κ2) is 3.38. The normalized spacial score (nSPS) is 10.6. The number of nitrogens with zero attached hydrogens (tertiary/aromatic N) is 3. The maximum Gasteiger partial charge on any atom is 0.203 e. The van der Waals surface area contributed by atoms with E-state index in [0.29, 0.717) is 25.2 Å². The summed E-state index contributed by atoms with van der Waals surface area (Å²) in [5.41, 5.74) is 6.04. The van der Waals surface area contributed by atoms with Gasteiger partial charge >= 0.3 is 0 Å². The van der Waals surface area contributed by atoms with Crippen LogP contribution in [0.15, 0.2) is 0 Å². The van der Waals surface area contributed by atoms with E-state index in [9.17, 15) is 0 Å². The molecule has 0 atom stereocenters. The number of nitrogens with two attached hydrogens (primary N) is 1. The molecule has 8 heteroatoms. The molecule has 0 spiro atoms. The monoisotopic (exact) mass is 252 g/mol. The zero-order chi connectivity index (χ0) is 9.42. The smallest absolute Gasteiger partial charge is 0.203 e. The molecule has 4 nitrogen and oxygen atoms in total. The van der Waals surface area contributed by atoms with E-state index >= 15 is 0 Å². The van der Waals surface area contributed by atoms with Crippen LogP contribution in [0.2, 0.25) is 9.49 Å². The van der Waals surface area contributed by atoms with Gasteiger partial charge in [-0.25, -0.2) is 0 Å². The lowest BCUT2D eigenvalue weighted by Gasteiger charge is -1.88. The maximum atomic E-state index is 5.86. The topological polar surface area (TPSA) is 64.7 Å². The molecule has 0 aliphatic heterocycles. The van der Waals surface area contributed by atoms with Gasteiger partial charge in [0.1, 0.15) is 4.34 Å². The van der Waals surface area contributed by atoms with Crippen molar-refractivity contribution in [3.05, 3.63) is 9.49 Å². The molecule has 68 valence electrons. The van der Waals surface area contributed by atoms with E-state index in [1.807, 2.05) is 0 Å². The minimum atomic E-state index is 0.339. The first kappa shape index (κ1) is 9.14. The zero-order valence-corrected chi connectivity index (χ0v) is 9.14. The molecule has 0 amide bonds. The second-order valence-corrected chi connectivity index (χ2v) is 4.81. The fourth-order valence-electron chi connectivity index (χ4n) is 0.760. The van der Waals surface area contributed by atoms with Crippen LogP contribution < -0.4 is 5.73 Å². The molecule has 0 saturated carbocycles. The van der Waals surface area contributed by atoms with Crippen LogP contribution in [-0.2, 0) is 0 Å². The third kappa shape index (κ3) is 1.62.